The maximum atomic E-state index is 11.7. The van der Waals surface area contributed by atoms with Crippen LogP contribution in [0.5, 0.6) is 0 Å². The topological polar surface area (TPSA) is 47.4 Å². The summed E-state index contributed by atoms with van der Waals surface area (Å²) in [4.78, 5) is 17.5. The molecule has 2 heterocycles. The number of likely N-dealkylation sites (tertiary alicyclic amines) is 1. The van der Waals surface area contributed by atoms with Gasteiger partial charge < -0.3 is 14.2 Å². The highest BCUT2D eigenvalue weighted by Gasteiger charge is 2.34. The zero-order valence-electron chi connectivity index (χ0n) is 10.2. The number of hydrogen-bond acceptors (Lipinski definition) is 3. The lowest BCUT2D eigenvalue weighted by Gasteiger charge is -2.40. The molecule has 0 unspecified atom stereocenters. The highest BCUT2D eigenvalue weighted by molar-refractivity contribution is 9.10. The van der Waals surface area contributed by atoms with Crippen LogP contribution in [0.2, 0.25) is 0 Å². The van der Waals surface area contributed by atoms with Crippen LogP contribution in [0.3, 0.4) is 0 Å². The van der Waals surface area contributed by atoms with Crippen LogP contribution in [0.4, 0.5) is 4.79 Å². The van der Waals surface area contributed by atoms with E-state index in [1.807, 2.05) is 31.5 Å². The number of carbonyl (C=O) groups excluding carboxylic acids is 1. The van der Waals surface area contributed by atoms with Gasteiger partial charge in [0, 0.05) is 19.3 Å². The Labute approximate surface area is 109 Å². The molecule has 94 valence electrons. The van der Waals surface area contributed by atoms with Crippen LogP contribution in [0.15, 0.2) is 17.1 Å². The number of rotatable bonds is 1. The molecule has 1 aromatic rings. The molecule has 1 aliphatic heterocycles. The highest BCUT2D eigenvalue weighted by atomic mass is 79.9. The Morgan fingerprint density at radius 3 is 2.65 bits per heavy atom. The second-order valence-corrected chi connectivity index (χ2v) is 6.00. The summed E-state index contributed by atoms with van der Waals surface area (Å²) in [5.74, 6) is 0. The molecule has 0 saturated carbocycles. The third-order valence-corrected chi connectivity index (χ3v) is 2.92. The van der Waals surface area contributed by atoms with E-state index >= 15 is 0 Å². The highest BCUT2D eigenvalue weighted by Crippen LogP contribution is 2.24. The summed E-state index contributed by atoms with van der Waals surface area (Å²) in [5, 5.41) is 0. The van der Waals surface area contributed by atoms with Gasteiger partial charge in [0.2, 0.25) is 0 Å². The van der Waals surface area contributed by atoms with Crippen molar-refractivity contribution in [2.24, 2.45) is 0 Å². The number of nitrogens with zero attached hydrogens (tertiary/aromatic N) is 3. The van der Waals surface area contributed by atoms with Crippen LogP contribution in [-0.4, -0.2) is 39.2 Å². The SMILES string of the molecule is CC(C)(C)OC(=O)N1CC(n2cnc(Br)c2)C1. The first kappa shape index (κ1) is 12.4. The first-order valence-electron chi connectivity index (χ1n) is 5.52. The van der Waals surface area contributed by atoms with Gasteiger partial charge in [-0.3, -0.25) is 0 Å². The number of ether oxygens (including phenoxy) is 1. The third kappa shape index (κ3) is 3.00. The molecule has 0 aliphatic carbocycles. The van der Waals surface area contributed by atoms with Crippen molar-refractivity contribution >= 4 is 22.0 Å². The normalized spacial score (nSPS) is 16.8. The number of halogens is 1. The second-order valence-electron chi connectivity index (χ2n) is 5.18. The first-order valence-corrected chi connectivity index (χ1v) is 6.31. The number of imidazole rings is 1. The molecule has 0 aromatic carbocycles. The molecule has 17 heavy (non-hydrogen) atoms. The molecule has 5 nitrogen and oxygen atoms in total. The number of aromatic nitrogens is 2. The average Bonchev–Trinajstić information content (AvgIpc) is 2.45. The maximum absolute atomic E-state index is 11.7. The zero-order valence-corrected chi connectivity index (χ0v) is 11.8. The van der Waals surface area contributed by atoms with E-state index < -0.39 is 5.60 Å². The summed E-state index contributed by atoms with van der Waals surface area (Å²) in [5.41, 5.74) is -0.430. The molecule has 0 radical (unpaired) electrons. The Kier molecular flexibility index (Phi) is 3.16. The zero-order chi connectivity index (χ0) is 12.6. The Bertz CT molecular complexity index is 419. The second kappa shape index (κ2) is 4.33. The third-order valence-electron chi connectivity index (χ3n) is 2.51. The van der Waals surface area contributed by atoms with E-state index in [-0.39, 0.29) is 6.09 Å². The fourth-order valence-electron chi connectivity index (χ4n) is 1.63. The maximum Gasteiger partial charge on any atom is 0.410 e. The van der Waals surface area contributed by atoms with Crippen molar-refractivity contribution in [1.29, 1.82) is 0 Å². The molecule has 6 heteroatoms. The molecule has 2 rings (SSSR count). The van der Waals surface area contributed by atoms with Crippen LogP contribution >= 0.6 is 15.9 Å². The molecule has 1 saturated heterocycles. The fourth-order valence-corrected chi connectivity index (χ4v) is 1.96. The molecule has 0 atom stereocenters. The predicted octanol–water partition coefficient (Wildman–Crippen LogP) is 2.44. The van der Waals surface area contributed by atoms with Crippen molar-refractivity contribution in [2.45, 2.75) is 32.4 Å². The van der Waals surface area contributed by atoms with Crippen molar-refractivity contribution in [3.8, 4) is 0 Å². The average molecular weight is 302 g/mol. The lowest BCUT2D eigenvalue weighted by atomic mass is 10.1. The molecule has 1 aliphatic rings. The summed E-state index contributed by atoms with van der Waals surface area (Å²) in [7, 11) is 0. The van der Waals surface area contributed by atoms with Crippen molar-refractivity contribution < 1.29 is 9.53 Å². The van der Waals surface area contributed by atoms with Gasteiger partial charge in [-0.2, -0.15) is 0 Å². The van der Waals surface area contributed by atoms with E-state index in [0.717, 1.165) is 4.60 Å². The molecule has 0 spiro atoms. The van der Waals surface area contributed by atoms with Gasteiger partial charge in [0.25, 0.3) is 0 Å². The lowest BCUT2D eigenvalue weighted by molar-refractivity contribution is 0.00106. The van der Waals surface area contributed by atoms with Gasteiger partial charge in [0.15, 0.2) is 0 Å². The van der Waals surface area contributed by atoms with Crippen LogP contribution < -0.4 is 0 Å². The van der Waals surface area contributed by atoms with Crippen LogP contribution in [0.1, 0.15) is 26.8 Å². The lowest BCUT2D eigenvalue weighted by Crippen LogP contribution is -2.51. The Hall–Kier alpha value is -1.04. The minimum absolute atomic E-state index is 0.243. The first-order chi connectivity index (χ1) is 7.85. The molecule has 1 fully saturated rings. The van der Waals surface area contributed by atoms with E-state index in [9.17, 15) is 4.79 Å². The number of hydrogen-bond donors (Lipinski definition) is 0. The van der Waals surface area contributed by atoms with Crippen LogP contribution in [-0.2, 0) is 4.74 Å². The molecular weight excluding hydrogens is 286 g/mol. The fraction of sp³-hybridized carbons (Fsp3) is 0.636. The van der Waals surface area contributed by atoms with Crippen molar-refractivity contribution in [1.82, 2.24) is 14.5 Å². The van der Waals surface area contributed by atoms with Crippen LogP contribution in [0.25, 0.3) is 0 Å². The van der Waals surface area contributed by atoms with Crippen molar-refractivity contribution in [2.75, 3.05) is 13.1 Å². The van der Waals surface area contributed by atoms with Gasteiger partial charge in [-0.1, -0.05) is 0 Å². The molecule has 1 aromatic heterocycles. The van der Waals surface area contributed by atoms with E-state index in [1.165, 1.54) is 0 Å². The number of amides is 1. The summed E-state index contributed by atoms with van der Waals surface area (Å²) in [6, 6.07) is 0.307. The van der Waals surface area contributed by atoms with Gasteiger partial charge in [-0.05, 0) is 36.7 Å². The number of carbonyl (C=O) groups is 1. The predicted molar refractivity (Wildman–Crippen MR) is 66.8 cm³/mol. The summed E-state index contributed by atoms with van der Waals surface area (Å²) in [6.07, 6.45) is 3.44. The summed E-state index contributed by atoms with van der Waals surface area (Å²) in [6.45, 7) is 6.97. The smallest absolute Gasteiger partial charge is 0.410 e. The van der Waals surface area contributed by atoms with E-state index in [0.29, 0.717) is 19.1 Å². The van der Waals surface area contributed by atoms with E-state index in [1.54, 1.807) is 11.2 Å². The van der Waals surface area contributed by atoms with Gasteiger partial charge in [0.1, 0.15) is 10.2 Å². The van der Waals surface area contributed by atoms with E-state index in [2.05, 4.69) is 20.9 Å². The van der Waals surface area contributed by atoms with Crippen molar-refractivity contribution in [3.63, 3.8) is 0 Å². The molecule has 0 N–H and O–H groups in total. The van der Waals surface area contributed by atoms with E-state index in [4.69, 9.17) is 4.74 Å². The molecule has 0 bridgehead atoms. The minimum atomic E-state index is -0.430. The Morgan fingerprint density at radius 1 is 1.53 bits per heavy atom. The monoisotopic (exact) mass is 301 g/mol. The summed E-state index contributed by atoms with van der Waals surface area (Å²) >= 11 is 3.30. The quantitative estimate of drug-likeness (QED) is 0.800. The van der Waals surface area contributed by atoms with Crippen molar-refractivity contribution in [3.05, 3.63) is 17.1 Å². The van der Waals surface area contributed by atoms with Gasteiger partial charge in [-0.15, -0.1) is 0 Å². The molecule has 1 amide bonds. The van der Waals surface area contributed by atoms with Crippen LogP contribution in [0, 0.1) is 0 Å². The Balaban J connectivity index is 1.85. The minimum Gasteiger partial charge on any atom is -0.444 e. The van der Waals surface area contributed by atoms with Gasteiger partial charge in [0.05, 0.1) is 12.4 Å². The summed E-state index contributed by atoms with van der Waals surface area (Å²) < 4.78 is 8.10. The Morgan fingerprint density at radius 2 is 2.18 bits per heavy atom. The van der Waals surface area contributed by atoms with Gasteiger partial charge in [-0.25, -0.2) is 9.78 Å². The standard InChI is InChI=1S/C11H16BrN3O2/c1-11(2,3)17-10(16)14-4-8(5-14)15-6-9(12)13-7-15/h6-8H,4-5H2,1-3H3. The largest absolute Gasteiger partial charge is 0.444 e. The van der Waals surface area contributed by atoms with Gasteiger partial charge >= 0.3 is 6.09 Å². The molecular formula is C11H16BrN3O2.